The van der Waals surface area contributed by atoms with Crippen molar-refractivity contribution in [2.75, 3.05) is 0 Å². The van der Waals surface area contributed by atoms with Gasteiger partial charge in [0.05, 0.1) is 5.92 Å². The zero-order valence-corrected chi connectivity index (χ0v) is 12.7. The molecule has 1 fully saturated rings. The normalized spacial score (nSPS) is 27.5. The van der Waals surface area contributed by atoms with Crippen molar-refractivity contribution in [3.63, 3.8) is 0 Å². The van der Waals surface area contributed by atoms with Gasteiger partial charge in [-0.1, -0.05) is 12.8 Å². The van der Waals surface area contributed by atoms with Crippen molar-refractivity contribution in [3.05, 3.63) is 35.6 Å². The fraction of sp³-hybridized carbons (Fsp3) is 0.500. The Hall–Kier alpha value is -1.96. The summed E-state index contributed by atoms with van der Waals surface area (Å²) in [7, 11) is 0. The van der Waals surface area contributed by atoms with Crippen molar-refractivity contribution in [1.29, 1.82) is 0 Å². The third-order valence-electron chi connectivity index (χ3n) is 4.57. The number of hydrogen-bond donors (Lipinski definition) is 1. The summed E-state index contributed by atoms with van der Waals surface area (Å²) >= 11 is 0. The van der Waals surface area contributed by atoms with Gasteiger partial charge in [0.15, 0.2) is 0 Å². The average molecular weight is 344 g/mol. The predicted octanol–water partition coefficient (Wildman–Crippen LogP) is 3.47. The number of halogens is 4. The van der Waals surface area contributed by atoms with Gasteiger partial charge >= 0.3 is 6.18 Å². The molecule has 0 unspecified atom stereocenters. The van der Waals surface area contributed by atoms with E-state index in [2.05, 4.69) is 5.10 Å². The number of alkyl halides is 3. The topological polar surface area (TPSA) is 52.9 Å². The van der Waals surface area contributed by atoms with Crippen LogP contribution in [-0.4, -0.2) is 33.6 Å². The van der Waals surface area contributed by atoms with Crippen LogP contribution in [0.3, 0.4) is 0 Å². The summed E-state index contributed by atoms with van der Waals surface area (Å²) in [5.41, 5.74) is -3.33. The van der Waals surface area contributed by atoms with Crippen LogP contribution in [0.4, 0.5) is 17.6 Å². The van der Waals surface area contributed by atoms with Crippen molar-refractivity contribution in [1.82, 2.24) is 5.01 Å². The van der Waals surface area contributed by atoms with Crippen LogP contribution in [0.5, 0.6) is 0 Å². The Bertz CT molecular complexity index is 672. The van der Waals surface area contributed by atoms with Gasteiger partial charge in [-0.15, -0.1) is 0 Å². The summed E-state index contributed by atoms with van der Waals surface area (Å²) in [6, 6.07) is 4.09. The van der Waals surface area contributed by atoms with Gasteiger partial charge in [-0.2, -0.15) is 23.3 Å². The van der Waals surface area contributed by atoms with Gasteiger partial charge < -0.3 is 5.11 Å². The van der Waals surface area contributed by atoms with E-state index in [4.69, 9.17) is 0 Å². The lowest BCUT2D eigenvalue weighted by molar-refractivity contribution is -0.312. The van der Waals surface area contributed by atoms with E-state index in [1.807, 2.05) is 0 Å². The van der Waals surface area contributed by atoms with E-state index in [9.17, 15) is 27.5 Å². The van der Waals surface area contributed by atoms with Crippen LogP contribution in [0, 0.1) is 11.7 Å². The molecule has 0 bridgehead atoms. The molecule has 1 aliphatic heterocycles. The van der Waals surface area contributed by atoms with Crippen LogP contribution >= 0.6 is 0 Å². The Balaban J connectivity index is 2.03. The third-order valence-corrected chi connectivity index (χ3v) is 4.57. The van der Waals surface area contributed by atoms with Gasteiger partial charge in [0, 0.05) is 11.3 Å². The number of fused-ring (bicyclic) bond motifs is 1. The zero-order valence-electron chi connectivity index (χ0n) is 12.7. The maximum Gasteiger partial charge on any atom is 0.439 e. The van der Waals surface area contributed by atoms with Crippen molar-refractivity contribution in [2.45, 2.75) is 44.0 Å². The number of hydrazone groups is 1. The number of carbonyl (C=O) groups excluding carboxylic acids is 1. The molecular formula is C16H16F4N2O2. The molecule has 1 aromatic rings. The fourth-order valence-corrected chi connectivity index (χ4v) is 3.31. The monoisotopic (exact) mass is 344 g/mol. The second-order valence-electron chi connectivity index (χ2n) is 6.09. The molecule has 1 aromatic carbocycles. The molecule has 1 amide bonds. The molecule has 0 aromatic heterocycles. The van der Waals surface area contributed by atoms with Crippen LogP contribution in [0.1, 0.15) is 42.5 Å². The molecule has 1 N–H and O–H groups in total. The molecule has 4 nitrogen and oxygen atoms in total. The lowest BCUT2D eigenvalue weighted by Gasteiger charge is -2.37. The minimum absolute atomic E-state index is 0.113. The van der Waals surface area contributed by atoms with E-state index in [1.54, 1.807) is 0 Å². The van der Waals surface area contributed by atoms with Crippen LogP contribution in [0.15, 0.2) is 29.4 Å². The van der Waals surface area contributed by atoms with Gasteiger partial charge in [0.25, 0.3) is 11.6 Å². The molecule has 130 valence electrons. The van der Waals surface area contributed by atoms with E-state index in [1.165, 1.54) is 0 Å². The highest BCUT2D eigenvalue weighted by molar-refractivity contribution is 5.99. The first-order valence-electron chi connectivity index (χ1n) is 7.71. The minimum Gasteiger partial charge on any atom is -0.362 e. The Labute approximate surface area is 135 Å². The van der Waals surface area contributed by atoms with Crippen LogP contribution in [0.25, 0.3) is 0 Å². The summed E-state index contributed by atoms with van der Waals surface area (Å²) < 4.78 is 54.0. The van der Waals surface area contributed by atoms with E-state index in [-0.39, 0.29) is 22.7 Å². The summed E-state index contributed by atoms with van der Waals surface area (Å²) in [5.74, 6) is -2.98. The molecule has 1 heterocycles. The van der Waals surface area contributed by atoms with Gasteiger partial charge in [-0.05, 0) is 43.5 Å². The Morgan fingerprint density at radius 2 is 1.88 bits per heavy atom. The molecule has 3 rings (SSSR count). The lowest BCUT2D eigenvalue weighted by Crippen LogP contribution is -2.61. The molecule has 1 saturated carbocycles. The summed E-state index contributed by atoms with van der Waals surface area (Å²) in [6.07, 6.45) is -2.67. The SMILES string of the molecule is O=C(c1ccc(F)cc1)N1N=C2CCCCC[C@@H]2[C@@]1(O)C(F)(F)F. The number of nitrogens with zero attached hydrogens (tertiary/aromatic N) is 2. The summed E-state index contributed by atoms with van der Waals surface area (Å²) in [6.45, 7) is 0. The van der Waals surface area contributed by atoms with E-state index in [0.717, 1.165) is 30.7 Å². The second-order valence-corrected chi connectivity index (χ2v) is 6.09. The highest BCUT2D eigenvalue weighted by Crippen LogP contribution is 2.47. The molecule has 2 atom stereocenters. The number of rotatable bonds is 1. The largest absolute Gasteiger partial charge is 0.439 e. The standard InChI is InChI=1S/C16H16F4N2O2/c17-11-8-6-10(7-9-11)14(23)22-15(24,16(18,19)20)12-4-2-1-3-5-13(12)21-22/h6-9,12,24H,1-5H2/t12-,15+/m0/s1. The van der Waals surface area contributed by atoms with Crippen LogP contribution < -0.4 is 0 Å². The maximum atomic E-state index is 13.7. The van der Waals surface area contributed by atoms with Crippen LogP contribution in [0.2, 0.25) is 0 Å². The molecule has 0 radical (unpaired) electrons. The third kappa shape index (κ3) is 2.58. The van der Waals surface area contributed by atoms with Gasteiger partial charge in [0.2, 0.25) is 0 Å². The number of aliphatic hydroxyl groups is 1. The molecular weight excluding hydrogens is 328 g/mol. The Kier molecular flexibility index (Phi) is 4.11. The molecule has 24 heavy (non-hydrogen) atoms. The minimum atomic E-state index is -5.05. The first-order valence-corrected chi connectivity index (χ1v) is 7.71. The molecule has 1 aliphatic carbocycles. The van der Waals surface area contributed by atoms with Crippen molar-refractivity contribution in [2.24, 2.45) is 11.0 Å². The second kappa shape index (κ2) is 5.84. The van der Waals surface area contributed by atoms with Crippen molar-refractivity contribution < 1.29 is 27.5 Å². The zero-order chi connectivity index (χ0) is 17.5. The smallest absolute Gasteiger partial charge is 0.362 e. The maximum absolute atomic E-state index is 13.7. The Morgan fingerprint density at radius 3 is 2.50 bits per heavy atom. The summed E-state index contributed by atoms with van der Waals surface area (Å²) in [5, 5.41) is 14.4. The lowest BCUT2D eigenvalue weighted by atomic mass is 9.87. The van der Waals surface area contributed by atoms with Crippen LogP contribution in [-0.2, 0) is 0 Å². The molecule has 8 heteroatoms. The number of benzene rings is 1. The van der Waals surface area contributed by atoms with Gasteiger partial charge in [-0.3, -0.25) is 4.79 Å². The number of hydrogen-bond acceptors (Lipinski definition) is 3. The fourth-order valence-electron chi connectivity index (χ4n) is 3.31. The van der Waals surface area contributed by atoms with E-state index in [0.29, 0.717) is 19.3 Å². The number of carbonyl (C=O) groups is 1. The highest BCUT2D eigenvalue weighted by atomic mass is 19.4. The predicted molar refractivity (Wildman–Crippen MR) is 77.6 cm³/mol. The van der Waals surface area contributed by atoms with E-state index >= 15 is 0 Å². The van der Waals surface area contributed by atoms with Crippen molar-refractivity contribution >= 4 is 11.6 Å². The Morgan fingerprint density at radius 1 is 1.21 bits per heavy atom. The van der Waals surface area contributed by atoms with Crippen molar-refractivity contribution in [3.8, 4) is 0 Å². The van der Waals surface area contributed by atoms with Gasteiger partial charge in [-0.25, -0.2) is 4.39 Å². The quantitative estimate of drug-likeness (QED) is 0.793. The summed E-state index contributed by atoms with van der Waals surface area (Å²) in [4.78, 5) is 12.5. The first kappa shape index (κ1) is 16.9. The highest BCUT2D eigenvalue weighted by Gasteiger charge is 2.68. The molecule has 0 saturated heterocycles. The molecule has 2 aliphatic rings. The van der Waals surface area contributed by atoms with E-state index < -0.39 is 29.5 Å². The first-order chi connectivity index (χ1) is 11.2. The average Bonchev–Trinajstić information content (AvgIpc) is 2.68. The van der Waals surface area contributed by atoms with Gasteiger partial charge in [0.1, 0.15) is 5.82 Å². The molecule has 0 spiro atoms. The number of amides is 1.